The van der Waals surface area contributed by atoms with E-state index >= 15 is 4.39 Å². The van der Waals surface area contributed by atoms with Gasteiger partial charge in [-0.15, -0.1) is 0 Å². The quantitative estimate of drug-likeness (QED) is 0.257. The number of rotatable bonds is 6. The number of pyridine rings is 2. The standard InChI is InChI=1S/C31H28ClFN6O/c32-24-6-2-4-21-3-1-5-22(26(21)24)28-27(33)29-23(15-36-28)30(39-16-19-7-8-20(13-19)17-39)38-31(37-29)40-12-11-18-9-10-25(34)35-14-18/h1-6,9-10,14-15,19-20H,7-8,11-13,16-17H2,(H2,34,35). The molecule has 7 rings (SSSR count). The van der Waals surface area contributed by atoms with Gasteiger partial charge in [0.25, 0.3) is 0 Å². The largest absolute Gasteiger partial charge is 0.463 e. The third-order valence-corrected chi connectivity index (χ3v) is 8.44. The fourth-order valence-corrected chi connectivity index (χ4v) is 6.52. The molecule has 3 aromatic heterocycles. The molecule has 1 saturated heterocycles. The molecule has 2 aliphatic rings. The van der Waals surface area contributed by atoms with E-state index in [1.165, 1.54) is 19.3 Å². The number of ether oxygens (including phenoxy) is 1. The van der Waals surface area contributed by atoms with Crippen LogP contribution in [0.25, 0.3) is 32.9 Å². The van der Waals surface area contributed by atoms with Crippen LogP contribution in [0.2, 0.25) is 5.02 Å². The van der Waals surface area contributed by atoms with Crippen LogP contribution in [0.5, 0.6) is 6.01 Å². The average molecular weight is 555 g/mol. The van der Waals surface area contributed by atoms with E-state index in [0.29, 0.717) is 52.5 Å². The second-order valence-corrected chi connectivity index (χ2v) is 11.2. The third-order valence-electron chi connectivity index (χ3n) is 8.13. The van der Waals surface area contributed by atoms with E-state index in [9.17, 15) is 0 Å². The average Bonchev–Trinajstić information content (AvgIpc) is 3.31. The first-order valence-corrected chi connectivity index (χ1v) is 14.0. The number of piperidine rings is 1. The molecular formula is C31H28ClFN6O. The molecule has 40 heavy (non-hydrogen) atoms. The molecule has 2 fully saturated rings. The number of anilines is 2. The van der Waals surface area contributed by atoms with E-state index in [-0.39, 0.29) is 17.2 Å². The molecular weight excluding hydrogens is 527 g/mol. The molecule has 1 aliphatic heterocycles. The fraction of sp³-hybridized carbons (Fsp3) is 0.290. The minimum absolute atomic E-state index is 0.149. The predicted molar refractivity (Wildman–Crippen MR) is 156 cm³/mol. The smallest absolute Gasteiger partial charge is 0.319 e. The van der Waals surface area contributed by atoms with Crippen LogP contribution in [0.1, 0.15) is 24.8 Å². The van der Waals surface area contributed by atoms with E-state index in [2.05, 4.69) is 19.9 Å². The maximum atomic E-state index is 16.4. The van der Waals surface area contributed by atoms with Crippen molar-refractivity contribution in [3.05, 3.63) is 77.3 Å². The monoisotopic (exact) mass is 554 g/mol. The molecule has 2 N–H and O–H groups in total. The Balaban J connectivity index is 1.31. The second kappa shape index (κ2) is 10.2. The molecule has 2 unspecified atom stereocenters. The van der Waals surface area contributed by atoms with Gasteiger partial charge in [-0.1, -0.05) is 48.0 Å². The van der Waals surface area contributed by atoms with Gasteiger partial charge in [-0.25, -0.2) is 9.37 Å². The molecule has 5 aromatic rings. The van der Waals surface area contributed by atoms with Gasteiger partial charge < -0.3 is 15.4 Å². The Bertz CT molecular complexity index is 1710. The molecule has 0 amide bonds. The highest BCUT2D eigenvalue weighted by molar-refractivity contribution is 6.36. The van der Waals surface area contributed by atoms with Gasteiger partial charge in [-0.05, 0) is 54.2 Å². The van der Waals surface area contributed by atoms with Crippen LogP contribution in [0.3, 0.4) is 0 Å². The summed E-state index contributed by atoms with van der Waals surface area (Å²) in [4.78, 5) is 20.4. The summed E-state index contributed by atoms with van der Waals surface area (Å²) in [6, 6.07) is 15.1. The molecule has 0 radical (unpaired) electrons. The fourth-order valence-electron chi connectivity index (χ4n) is 6.23. The Morgan fingerprint density at radius 3 is 2.55 bits per heavy atom. The van der Waals surface area contributed by atoms with Gasteiger partial charge in [0.05, 0.1) is 12.0 Å². The lowest BCUT2D eigenvalue weighted by atomic mass is 9.98. The van der Waals surface area contributed by atoms with Crippen LogP contribution < -0.4 is 15.4 Å². The summed E-state index contributed by atoms with van der Waals surface area (Å²) < 4.78 is 22.5. The molecule has 1 saturated carbocycles. The number of nitrogens with zero attached hydrogens (tertiary/aromatic N) is 5. The summed E-state index contributed by atoms with van der Waals surface area (Å²) in [7, 11) is 0. The minimum atomic E-state index is -0.513. The van der Waals surface area contributed by atoms with Gasteiger partial charge in [0.1, 0.15) is 22.8 Å². The zero-order valence-electron chi connectivity index (χ0n) is 21.9. The lowest BCUT2D eigenvalue weighted by Gasteiger charge is -2.33. The maximum Gasteiger partial charge on any atom is 0.319 e. The van der Waals surface area contributed by atoms with Crippen molar-refractivity contribution in [1.29, 1.82) is 0 Å². The van der Waals surface area contributed by atoms with E-state index in [0.717, 1.165) is 29.4 Å². The maximum absolute atomic E-state index is 16.4. The van der Waals surface area contributed by atoms with E-state index in [1.807, 2.05) is 36.4 Å². The lowest BCUT2D eigenvalue weighted by Crippen LogP contribution is -2.37. The molecule has 7 nitrogen and oxygen atoms in total. The van der Waals surface area contributed by atoms with Crippen molar-refractivity contribution in [3.8, 4) is 17.3 Å². The number of hydrogen-bond donors (Lipinski definition) is 1. The summed E-state index contributed by atoms with van der Waals surface area (Å²) in [5.74, 6) is 1.89. The van der Waals surface area contributed by atoms with Crippen molar-refractivity contribution < 1.29 is 9.13 Å². The van der Waals surface area contributed by atoms with Crippen LogP contribution in [-0.2, 0) is 6.42 Å². The highest BCUT2D eigenvalue weighted by Crippen LogP contribution is 2.41. The van der Waals surface area contributed by atoms with Crippen LogP contribution in [0.15, 0.2) is 60.9 Å². The lowest BCUT2D eigenvalue weighted by molar-refractivity contribution is 0.296. The van der Waals surface area contributed by atoms with Gasteiger partial charge in [0.2, 0.25) is 0 Å². The van der Waals surface area contributed by atoms with Crippen molar-refractivity contribution >= 4 is 44.9 Å². The first-order chi connectivity index (χ1) is 19.5. The molecule has 2 atom stereocenters. The van der Waals surface area contributed by atoms with Crippen LogP contribution >= 0.6 is 11.6 Å². The Kier molecular flexibility index (Phi) is 6.35. The Hall–Kier alpha value is -4.04. The number of nitrogen functional groups attached to an aromatic ring is 1. The summed E-state index contributed by atoms with van der Waals surface area (Å²) in [6.07, 6.45) is 7.71. The summed E-state index contributed by atoms with van der Waals surface area (Å²) >= 11 is 6.57. The highest BCUT2D eigenvalue weighted by atomic mass is 35.5. The molecule has 0 spiro atoms. The first kappa shape index (κ1) is 25.0. The van der Waals surface area contributed by atoms with Gasteiger partial charge in [0.15, 0.2) is 5.82 Å². The Morgan fingerprint density at radius 1 is 0.975 bits per heavy atom. The molecule has 202 valence electrons. The Labute approximate surface area is 236 Å². The Morgan fingerprint density at radius 2 is 1.77 bits per heavy atom. The highest BCUT2D eigenvalue weighted by Gasteiger charge is 2.34. The van der Waals surface area contributed by atoms with Crippen molar-refractivity contribution in [1.82, 2.24) is 19.9 Å². The topological polar surface area (TPSA) is 90.1 Å². The normalized spacial score (nSPS) is 18.5. The summed E-state index contributed by atoms with van der Waals surface area (Å²) in [6.45, 7) is 2.10. The van der Waals surface area contributed by atoms with Crippen molar-refractivity contribution in [2.75, 3.05) is 30.3 Å². The number of fused-ring (bicyclic) bond motifs is 4. The predicted octanol–water partition coefficient (Wildman–Crippen LogP) is 6.47. The molecule has 9 heteroatoms. The number of aromatic nitrogens is 4. The van der Waals surface area contributed by atoms with Crippen molar-refractivity contribution in [2.45, 2.75) is 25.7 Å². The summed E-state index contributed by atoms with van der Waals surface area (Å²) in [5, 5.41) is 2.80. The molecule has 2 aromatic carbocycles. The zero-order chi connectivity index (χ0) is 27.2. The number of nitrogens with two attached hydrogens (primary N) is 1. The second-order valence-electron chi connectivity index (χ2n) is 10.8. The van der Waals surface area contributed by atoms with Crippen LogP contribution in [0, 0.1) is 17.7 Å². The number of benzene rings is 2. The van der Waals surface area contributed by atoms with Crippen molar-refractivity contribution in [2.24, 2.45) is 11.8 Å². The van der Waals surface area contributed by atoms with Gasteiger partial charge in [0, 0.05) is 47.9 Å². The molecule has 2 bridgehead atoms. The van der Waals surface area contributed by atoms with Gasteiger partial charge in [-0.2, -0.15) is 9.97 Å². The summed E-state index contributed by atoms with van der Waals surface area (Å²) in [5.41, 5.74) is 7.70. The minimum Gasteiger partial charge on any atom is -0.463 e. The first-order valence-electron chi connectivity index (χ1n) is 13.7. The molecule has 1 aliphatic carbocycles. The third kappa shape index (κ3) is 4.56. The number of halogens is 2. The van der Waals surface area contributed by atoms with Gasteiger partial charge in [-0.3, -0.25) is 4.98 Å². The van der Waals surface area contributed by atoms with E-state index in [4.69, 9.17) is 27.1 Å². The van der Waals surface area contributed by atoms with Crippen LogP contribution in [-0.4, -0.2) is 39.6 Å². The van der Waals surface area contributed by atoms with Crippen LogP contribution in [0.4, 0.5) is 16.0 Å². The van der Waals surface area contributed by atoms with Crippen molar-refractivity contribution in [3.63, 3.8) is 0 Å². The zero-order valence-corrected chi connectivity index (χ0v) is 22.6. The number of hydrogen-bond acceptors (Lipinski definition) is 7. The van der Waals surface area contributed by atoms with E-state index in [1.54, 1.807) is 24.5 Å². The van der Waals surface area contributed by atoms with Gasteiger partial charge >= 0.3 is 6.01 Å². The SMILES string of the molecule is Nc1ccc(CCOc2nc(N3CC4CCC(C4)C3)c3cnc(-c4cccc5cccc(Cl)c45)c(F)c3n2)cn1. The molecule has 4 heterocycles. The van der Waals surface area contributed by atoms with E-state index < -0.39 is 5.82 Å².